The van der Waals surface area contributed by atoms with Crippen LogP contribution in [-0.4, -0.2) is 30.1 Å². The van der Waals surface area contributed by atoms with Crippen molar-refractivity contribution >= 4 is 29.1 Å². The van der Waals surface area contributed by atoms with E-state index in [0.29, 0.717) is 0 Å². The first kappa shape index (κ1) is 24.2. The Morgan fingerprint density at radius 1 is 0.872 bits per heavy atom. The van der Waals surface area contributed by atoms with Gasteiger partial charge in [0.2, 0.25) is 0 Å². The lowest BCUT2D eigenvalue weighted by atomic mass is 10.0. The number of hydrogen-bond donors (Lipinski definition) is 2. The molecule has 0 saturated carbocycles. The molecule has 6 nitrogen and oxygen atoms in total. The Labute approximate surface area is 226 Å². The number of rotatable bonds is 7. The van der Waals surface area contributed by atoms with Crippen LogP contribution in [0, 0.1) is 0 Å². The highest BCUT2D eigenvalue weighted by molar-refractivity contribution is 5.97. The topological polar surface area (TPSA) is 83.1 Å². The van der Waals surface area contributed by atoms with Crippen LogP contribution < -0.4 is 10.6 Å². The molecule has 0 saturated heterocycles. The Morgan fingerprint density at radius 3 is 2.56 bits per heavy atom. The number of allylic oxidation sites excluding steroid dienone is 2. The molecule has 1 aromatic carbocycles. The predicted octanol–water partition coefficient (Wildman–Crippen LogP) is 5.49. The zero-order valence-electron chi connectivity index (χ0n) is 21.7. The van der Waals surface area contributed by atoms with Crippen LogP contribution in [0.4, 0.5) is 0 Å². The lowest BCUT2D eigenvalue weighted by Gasteiger charge is -2.05. The molecule has 39 heavy (non-hydrogen) atoms. The molecular formula is C33H28N6. The second-order valence-electron chi connectivity index (χ2n) is 9.62. The van der Waals surface area contributed by atoms with Gasteiger partial charge in [-0.3, -0.25) is 20.1 Å². The Hall–Kier alpha value is -5.10. The van der Waals surface area contributed by atoms with Crippen molar-refractivity contribution < 1.29 is 0 Å². The summed E-state index contributed by atoms with van der Waals surface area (Å²) in [6.07, 6.45) is 17.2. The third kappa shape index (κ3) is 5.18. The number of hydrogen-bond acceptors (Lipinski definition) is 4. The van der Waals surface area contributed by atoms with E-state index in [9.17, 15) is 0 Å². The maximum Gasteiger partial charge on any atom is 0.116 e. The number of benzene rings is 1. The summed E-state index contributed by atoms with van der Waals surface area (Å²) in [5.41, 5.74) is 9.44. The number of fused-ring (bicyclic) bond motifs is 1. The second-order valence-corrected chi connectivity index (χ2v) is 9.62. The normalized spacial score (nSPS) is 12.3. The molecule has 6 rings (SSSR count). The summed E-state index contributed by atoms with van der Waals surface area (Å²) in [5, 5.41) is 10.5. The quantitative estimate of drug-likeness (QED) is 0.299. The third-order valence-corrected chi connectivity index (χ3v) is 6.97. The molecule has 6 heteroatoms. The van der Waals surface area contributed by atoms with Gasteiger partial charge in [-0.1, -0.05) is 49.1 Å². The number of pyridine rings is 3. The lowest BCUT2D eigenvalue weighted by Crippen LogP contribution is -2.21. The minimum absolute atomic E-state index is 0.783. The van der Waals surface area contributed by atoms with Crippen LogP contribution in [0.15, 0.2) is 97.9 Å². The van der Waals surface area contributed by atoms with Crippen LogP contribution in [0.3, 0.4) is 0 Å². The number of aryl methyl sites for hydroxylation is 2. The number of nitrogens with one attached hydrogen (secondary N) is 2. The zero-order chi connectivity index (χ0) is 26.6. The fourth-order valence-corrected chi connectivity index (χ4v) is 4.75. The first-order chi connectivity index (χ1) is 19.2. The van der Waals surface area contributed by atoms with Gasteiger partial charge >= 0.3 is 0 Å². The molecule has 5 aromatic heterocycles. The van der Waals surface area contributed by atoms with E-state index in [-0.39, 0.29) is 0 Å². The van der Waals surface area contributed by atoms with Gasteiger partial charge in [0.25, 0.3) is 0 Å². The van der Waals surface area contributed by atoms with E-state index in [1.165, 1.54) is 11.1 Å². The molecule has 0 fully saturated rings. The van der Waals surface area contributed by atoms with E-state index < -0.39 is 0 Å². The van der Waals surface area contributed by atoms with Crippen LogP contribution in [-0.2, 0) is 12.8 Å². The maximum absolute atomic E-state index is 4.58. The number of nitrogens with zero attached hydrogens (tertiary/aromatic N) is 4. The average molecular weight is 509 g/mol. The van der Waals surface area contributed by atoms with Crippen LogP contribution in [0.25, 0.3) is 51.6 Å². The van der Waals surface area contributed by atoms with E-state index >= 15 is 0 Å². The summed E-state index contributed by atoms with van der Waals surface area (Å²) in [5.74, 6) is 0. The molecule has 0 amide bonds. The van der Waals surface area contributed by atoms with Crippen LogP contribution in [0.2, 0.25) is 0 Å². The van der Waals surface area contributed by atoms with E-state index in [4.69, 9.17) is 0 Å². The van der Waals surface area contributed by atoms with Gasteiger partial charge in [0.1, 0.15) is 5.69 Å². The van der Waals surface area contributed by atoms with Crippen molar-refractivity contribution in [2.45, 2.75) is 19.8 Å². The van der Waals surface area contributed by atoms with Gasteiger partial charge in [0.05, 0.1) is 22.8 Å². The Morgan fingerprint density at radius 2 is 1.72 bits per heavy atom. The van der Waals surface area contributed by atoms with Gasteiger partial charge < -0.3 is 4.98 Å². The zero-order valence-corrected chi connectivity index (χ0v) is 21.7. The summed E-state index contributed by atoms with van der Waals surface area (Å²) >= 11 is 0. The standard InChI is InChI=1S/C33H28N6/c1-22(27-15-25(17-35-19-27)12-11-24-7-4-3-5-8-24)10-13-30-23(2)33(39-38-30)31-16-28-29(20-36-21-32(28)37-31)26-9-6-14-34-18-26/h3-10,13-21,37-38H,2,11-12H2,1H3/b22-10+,30-13+. The summed E-state index contributed by atoms with van der Waals surface area (Å²) < 4.78 is 0. The van der Waals surface area contributed by atoms with Gasteiger partial charge in [-0.15, -0.1) is 0 Å². The molecular weight excluding hydrogens is 480 g/mol. The fourth-order valence-electron chi connectivity index (χ4n) is 4.75. The van der Waals surface area contributed by atoms with Crippen molar-refractivity contribution in [3.63, 3.8) is 0 Å². The van der Waals surface area contributed by atoms with Crippen LogP contribution in [0.1, 0.15) is 23.6 Å². The van der Waals surface area contributed by atoms with Crippen molar-refractivity contribution in [2.75, 3.05) is 0 Å². The molecule has 190 valence electrons. The molecule has 0 bridgehead atoms. The molecule has 0 atom stereocenters. The van der Waals surface area contributed by atoms with Crippen molar-refractivity contribution in [1.82, 2.24) is 30.1 Å². The van der Waals surface area contributed by atoms with Crippen molar-refractivity contribution in [3.8, 4) is 22.5 Å². The summed E-state index contributed by atoms with van der Waals surface area (Å²) in [6.45, 7) is 6.41. The van der Waals surface area contributed by atoms with E-state index in [1.807, 2.05) is 55.3 Å². The van der Waals surface area contributed by atoms with E-state index in [0.717, 1.165) is 68.0 Å². The van der Waals surface area contributed by atoms with Crippen molar-refractivity contribution in [1.29, 1.82) is 0 Å². The van der Waals surface area contributed by atoms with Gasteiger partial charge in [-0.25, -0.2) is 0 Å². The molecule has 0 radical (unpaired) electrons. The summed E-state index contributed by atoms with van der Waals surface area (Å²) in [7, 11) is 0. The van der Waals surface area contributed by atoms with Gasteiger partial charge in [-0.2, -0.15) is 5.10 Å². The highest BCUT2D eigenvalue weighted by atomic mass is 15.1. The molecule has 0 spiro atoms. The Bertz CT molecular complexity index is 1880. The van der Waals surface area contributed by atoms with E-state index in [2.05, 4.69) is 86.1 Å². The number of aromatic nitrogens is 6. The first-order valence-corrected chi connectivity index (χ1v) is 12.9. The smallest absolute Gasteiger partial charge is 0.116 e. The Balaban J connectivity index is 1.26. The molecule has 6 aromatic rings. The third-order valence-electron chi connectivity index (χ3n) is 6.97. The van der Waals surface area contributed by atoms with Crippen molar-refractivity contribution in [3.05, 3.63) is 125 Å². The minimum Gasteiger partial charge on any atom is -0.352 e. The summed E-state index contributed by atoms with van der Waals surface area (Å²) in [6, 6.07) is 18.8. The van der Waals surface area contributed by atoms with Crippen molar-refractivity contribution in [2.24, 2.45) is 0 Å². The highest BCUT2D eigenvalue weighted by Crippen LogP contribution is 2.29. The molecule has 0 aliphatic rings. The Kier molecular flexibility index (Phi) is 6.66. The average Bonchev–Trinajstić information content (AvgIpc) is 3.59. The fraction of sp³-hybridized carbons (Fsp3) is 0.0909. The van der Waals surface area contributed by atoms with Gasteiger partial charge in [0, 0.05) is 52.7 Å². The lowest BCUT2D eigenvalue weighted by molar-refractivity contribution is 0.948. The molecule has 2 N–H and O–H groups in total. The van der Waals surface area contributed by atoms with Crippen LogP contribution in [0.5, 0.6) is 0 Å². The predicted molar refractivity (Wildman–Crippen MR) is 158 cm³/mol. The molecule has 0 unspecified atom stereocenters. The summed E-state index contributed by atoms with van der Waals surface area (Å²) in [4.78, 5) is 16.6. The van der Waals surface area contributed by atoms with Crippen LogP contribution >= 0.6 is 0 Å². The highest BCUT2D eigenvalue weighted by Gasteiger charge is 2.12. The van der Waals surface area contributed by atoms with Gasteiger partial charge in [-0.05, 0) is 66.3 Å². The monoisotopic (exact) mass is 508 g/mol. The second kappa shape index (κ2) is 10.7. The largest absolute Gasteiger partial charge is 0.352 e. The molecule has 5 heterocycles. The van der Waals surface area contributed by atoms with Gasteiger partial charge in [0.15, 0.2) is 0 Å². The maximum atomic E-state index is 4.58. The molecule has 0 aliphatic heterocycles. The minimum atomic E-state index is 0.783. The number of H-pyrrole nitrogens is 2. The SMILES string of the molecule is C=c1c(-c2cc3c(-c4cccnc4)cncc3[nH]2)n[nH]/c1=C/C=C(\C)c1cncc(CCc2ccccc2)c1. The first-order valence-electron chi connectivity index (χ1n) is 12.9. The number of aromatic amines is 2. The van der Waals surface area contributed by atoms with E-state index in [1.54, 1.807) is 6.20 Å². The molecule has 0 aliphatic carbocycles.